The molecule has 1 unspecified atom stereocenters. The zero-order chi connectivity index (χ0) is 17.9. The van der Waals surface area contributed by atoms with Crippen LogP contribution in [0.1, 0.15) is 18.9 Å². The standard InChI is InChI=1S/C20H26N2O3/c1-16(11-13-23)15-21-20(24)22-18-9-5-6-10-19(18)25-14-12-17-7-3-2-4-8-17/h2-10,16,23H,11-15H2,1H3,(H2,21,22,24). The van der Waals surface area contributed by atoms with Crippen LogP contribution in [0.15, 0.2) is 54.6 Å². The van der Waals surface area contributed by atoms with E-state index < -0.39 is 0 Å². The molecule has 0 saturated carbocycles. The summed E-state index contributed by atoms with van der Waals surface area (Å²) in [4.78, 5) is 12.0. The van der Waals surface area contributed by atoms with Crippen molar-refractivity contribution >= 4 is 11.7 Å². The molecule has 0 aliphatic carbocycles. The van der Waals surface area contributed by atoms with Crippen LogP contribution in [0, 0.1) is 5.92 Å². The summed E-state index contributed by atoms with van der Waals surface area (Å²) in [6, 6.07) is 17.2. The van der Waals surface area contributed by atoms with Crippen molar-refractivity contribution in [1.29, 1.82) is 0 Å². The number of carbonyl (C=O) groups is 1. The van der Waals surface area contributed by atoms with Crippen LogP contribution < -0.4 is 15.4 Å². The van der Waals surface area contributed by atoms with E-state index in [2.05, 4.69) is 22.8 Å². The third-order valence-electron chi connectivity index (χ3n) is 3.86. The summed E-state index contributed by atoms with van der Waals surface area (Å²) < 4.78 is 5.83. The van der Waals surface area contributed by atoms with Gasteiger partial charge in [0.15, 0.2) is 0 Å². The number of rotatable bonds is 9. The Morgan fingerprint density at radius 2 is 1.84 bits per heavy atom. The van der Waals surface area contributed by atoms with Gasteiger partial charge in [0.05, 0.1) is 12.3 Å². The molecule has 0 aliphatic rings. The van der Waals surface area contributed by atoms with E-state index in [-0.39, 0.29) is 18.6 Å². The van der Waals surface area contributed by atoms with E-state index in [9.17, 15) is 4.79 Å². The van der Waals surface area contributed by atoms with Gasteiger partial charge in [-0.25, -0.2) is 4.79 Å². The maximum atomic E-state index is 12.0. The molecule has 0 saturated heterocycles. The Bertz CT molecular complexity index is 646. The Kier molecular flexibility index (Phi) is 7.79. The number of hydrogen-bond acceptors (Lipinski definition) is 3. The summed E-state index contributed by atoms with van der Waals surface area (Å²) in [6.45, 7) is 3.17. The average molecular weight is 342 g/mol. The van der Waals surface area contributed by atoms with Crippen LogP contribution in [0.25, 0.3) is 0 Å². The molecule has 0 bridgehead atoms. The quantitative estimate of drug-likeness (QED) is 0.654. The number of para-hydroxylation sites is 2. The van der Waals surface area contributed by atoms with Crippen LogP contribution in [0.5, 0.6) is 5.75 Å². The second kappa shape index (κ2) is 10.4. The molecule has 2 amide bonds. The molecule has 0 heterocycles. The van der Waals surface area contributed by atoms with Crippen molar-refractivity contribution in [2.75, 3.05) is 25.1 Å². The smallest absolute Gasteiger partial charge is 0.319 e. The Balaban J connectivity index is 1.83. The summed E-state index contributed by atoms with van der Waals surface area (Å²) in [5, 5.41) is 14.5. The number of carbonyl (C=O) groups excluding carboxylic acids is 1. The Morgan fingerprint density at radius 3 is 2.60 bits per heavy atom. The summed E-state index contributed by atoms with van der Waals surface area (Å²) in [7, 11) is 0. The molecule has 2 aromatic rings. The van der Waals surface area contributed by atoms with Crippen LogP contribution >= 0.6 is 0 Å². The van der Waals surface area contributed by atoms with Crippen molar-refractivity contribution in [2.24, 2.45) is 5.92 Å². The predicted octanol–water partition coefficient (Wildman–Crippen LogP) is 3.45. The van der Waals surface area contributed by atoms with Crippen molar-refractivity contribution in [3.63, 3.8) is 0 Å². The number of amides is 2. The molecule has 0 radical (unpaired) electrons. The normalized spacial score (nSPS) is 11.6. The number of aliphatic hydroxyl groups is 1. The Hall–Kier alpha value is -2.53. The molecule has 1 atom stereocenters. The highest BCUT2D eigenvalue weighted by molar-refractivity contribution is 5.90. The van der Waals surface area contributed by atoms with Crippen LogP contribution in [-0.4, -0.2) is 30.9 Å². The minimum atomic E-state index is -0.274. The minimum Gasteiger partial charge on any atom is -0.491 e. The number of benzene rings is 2. The van der Waals surface area contributed by atoms with Gasteiger partial charge in [0, 0.05) is 19.6 Å². The molecule has 0 aliphatic heterocycles. The van der Waals surface area contributed by atoms with Gasteiger partial charge in [0.2, 0.25) is 0 Å². The molecule has 5 heteroatoms. The molecule has 3 N–H and O–H groups in total. The maximum absolute atomic E-state index is 12.0. The average Bonchev–Trinajstić information content (AvgIpc) is 2.63. The fourth-order valence-electron chi connectivity index (χ4n) is 2.38. The van der Waals surface area contributed by atoms with Gasteiger partial charge in [-0.05, 0) is 30.0 Å². The Morgan fingerprint density at radius 1 is 1.12 bits per heavy atom. The van der Waals surface area contributed by atoms with E-state index >= 15 is 0 Å². The van der Waals surface area contributed by atoms with Crippen LogP contribution in [0.4, 0.5) is 10.5 Å². The van der Waals surface area contributed by atoms with Crippen molar-refractivity contribution in [3.8, 4) is 5.75 Å². The fraction of sp³-hybridized carbons (Fsp3) is 0.350. The molecule has 2 aromatic carbocycles. The van der Waals surface area contributed by atoms with Crippen molar-refractivity contribution in [2.45, 2.75) is 19.8 Å². The van der Waals surface area contributed by atoms with Crippen LogP contribution in [0.3, 0.4) is 0 Å². The van der Waals surface area contributed by atoms with E-state index in [1.165, 1.54) is 5.56 Å². The molecular weight excluding hydrogens is 316 g/mol. The zero-order valence-corrected chi connectivity index (χ0v) is 14.6. The SMILES string of the molecule is CC(CCO)CNC(=O)Nc1ccccc1OCCc1ccccc1. The van der Waals surface area contributed by atoms with Gasteiger partial charge in [0.25, 0.3) is 0 Å². The zero-order valence-electron chi connectivity index (χ0n) is 14.6. The molecule has 0 fully saturated rings. The van der Waals surface area contributed by atoms with E-state index in [0.29, 0.717) is 31.0 Å². The monoisotopic (exact) mass is 342 g/mol. The molecule has 25 heavy (non-hydrogen) atoms. The number of urea groups is 1. The maximum Gasteiger partial charge on any atom is 0.319 e. The van der Waals surface area contributed by atoms with Crippen molar-refractivity contribution < 1.29 is 14.6 Å². The first-order valence-corrected chi connectivity index (χ1v) is 8.60. The van der Waals surface area contributed by atoms with Gasteiger partial charge in [-0.1, -0.05) is 49.4 Å². The summed E-state index contributed by atoms with van der Waals surface area (Å²) in [5.41, 5.74) is 1.85. The van der Waals surface area contributed by atoms with Gasteiger partial charge >= 0.3 is 6.03 Å². The second-order valence-corrected chi connectivity index (χ2v) is 6.03. The van der Waals surface area contributed by atoms with Crippen LogP contribution in [0.2, 0.25) is 0 Å². The minimum absolute atomic E-state index is 0.128. The highest BCUT2D eigenvalue weighted by Gasteiger charge is 2.09. The van der Waals surface area contributed by atoms with Gasteiger partial charge in [-0.2, -0.15) is 0 Å². The lowest BCUT2D eigenvalue weighted by atomic mass is 10.1. The van der Waals surface area contributed by atoms with E-state index in [1.54, 1.807) is 0 Å². The lowest BCUT2D eigenvalue weighted by Gasteiger charge is -2.15. The molecule has 0 spiro atoms. The third kappa shape index (κ3) is 6.85. The largest absolute Gasteiger partial charge is 0.491 e. The predicted molar refractivity (Wildman–Crippen MR) is 100.0 cm³/mol. The number of ether oxygens (including phenoxy) is 1. The van der Waals surface area contributed by atoms with E-state index in [0.717, 1.165) is 6.42 Å². The first kappa shape index (κ1) is 18.8. The summed E-state index contributed by atoms with van der Waals surface area (Å²) >= 11 is 0. The van der Waals surface area contributed by atoms with E-state index in [1.807, 2.05) is 49.4 Å². The second-order valence-electron chi connectivity index (χ2n) is 6.03. The molecule has 5 nitrogen and oxygen atoms in total. The molecule has 2 rings (SSSR count). The molecular formula is C20H26N2O3. The Labute approximate surface area is 149 Å². The van der Waals surface area contributed by atoms with E-state index in [4.69, 9.17) is 9.84 Å². The summed E-state index contributed by atoms with van der Waals surface area (Å²) in [6.07, 6.45) is 1.47. The molecule has 134 valence electrons. The lowest BCUT2D eigenvalue weighted by Crippen LogP contribution is -2.32. The van der Waals surface area contributed by atoms with Gasteiger partial charge < -0.3 is 20.5 Å². The highest BCUT2D eigenvalue weighted by atomic mass is 16.5. The van der Waals surface area contributed by atoms with Crippen molar-refractivity contribution in [3.05, 3.63) is 60.2 Å². The highest BCUT2D eigenvalue weighted by Crippen LogP contribution is 2.23. The fourth-order valence-corrected chi connectivity index (χ4v) is 2.38. The van der Waals surface area contributed by atoms with Crippen molar-refractivity contribution in [1.82, 2.24) is 5.32 Å². The third-order valence-corrected chi connectivity index (χ3v) is 3.86. The lowest BCUT2D eigenvalue weighted by molar-refractivity contribution is 0.243. The first-order valence-electron chi connectivity index (χ1n) is 8.60. The topological polar surface area (TPSA) is 70.6 Å². The number of aliphatic hydroxyl groups excluding tert-OH is 1. The van der Waals surface area contributed by atoms with Gasteiger partial charge in [-0.15, -0.1) is 0 Å². The van der Waals surface area contributed by atoms with Gasteiger partial charge in [-0.3, -0.25) is 0 Å². The number of hydrogen-bond donors (Lipinski definition) is 3. The first-order chi connectivity index (χ1) is 12.2. The summed E-state index contributed by atoms with van der Waals surface area (Å²) in [5.74, 6) is 0.880. The van der Waals surface area contributed by atoms with Crippen LogP contribution in [-0.2, 0) is 6.42 Å². The number of nitrogens with one attached hydrogen (secondary N) is 2. The molecule has 0 aromatic heterocycles. The number of anilines is 1. The van der Waals surface area contributed by atoms with Gasteiger partial charge in [0.1, 0.15) is 5.75 Å².